The second-order valence-corrected chi connectivity index (χ2v) is 7.52. The standard InChI is InChI=1S/C20H23N3OS/c1-14-12-25-20-18(14)19(22-13-23-20)21-11-10-15-6-8-17(9-7-15)24-16-4-2-3-5-16/h6-9,12-13,16H,2-5,10-11H2,1H3,(H,21,22,23). The van der Waals surface area contributed by atoms with E-state index in [0.717, 1.165) is 34.7 Å². The first-order valence-corrected chi connectivity index (χ1v) is 9.86. The number of hydrogen-bond donors (Lipinski definition) is 1. The fourth-order valence-corrected chi connectivity index (χ4v) is 4.30. The van der Waals surface area contributed by atoms with Gasteiger partial charge in [0.25, 0.3) is 0 Å². The lowest BCUT2D eigenvalue weighted by Crippen LogP contribution is -2.11. The molecule has 1 aliphatic carbocycles. The highest BCUT2D eigenvalue weighted by atomic mass is 32.1. The molecule has 1 aromatic carbocycles. The van der Waals surface area contributed by atoms with Gasteiger partial charge in [-0.05, 0) is 67.7 Å². The van der Waals surface area contributed by atoms with Crippen LogP contribution >= 0.6 is 11.3 Å². The van der Waals surface area contributed by atoms with Crippen molar-refractivity contribution in [3.63, 3.8) is 0 Å². The Kier molecular flexibility index (Phi) is 4.83. The molecule has 1 aliphatic rings. The van der Waals surface area contributed by atoms with E-state index in [9.17, 15) is 0 Å². The molecule has 5 heteroatoms. The highest BCUT2D eigenvalue weighted by Gasteiger charge is 2.16. The van der Waals surface area contributed by atoms with Crippen molar-refractivity contribution < 1.29 is 4.74 Å². The van der Waals surface area contributed by atoms with Gasteiger partial charge < -0.3 is 10.1 Å². The van der Waals surface area contributed by atoms with E-state index in [1.165, 1.54) is 36.8 Å². The van der Waals surface area contributed by atoms with Gasteiger partial charge in [0.1, 0.15) is 22.7 Å². The maximum absolute atomic E-state index is 6.03. The van der Waals surface area contributed by atoms with E-state index in [1.807, 2.05) is 0 Å². The van der Waals surface area contributed by atoms with Crippen LogP contribution in [0.3, 0.4) is 0 Å². The normalized spacial score (nSPS) is 14.9. The SMILES string of the molecule is Cc1csc2ncnc(NCCc3ccc(OC4CCCC4)cc3)c12. The van der Waals surface area contributed by atoms with Crippen molar-refractivity contribution in [2.45, 2.75) is 45.1 Å². The summed E-state index contributed by atoms with van der Waals surface area (Å²) in [5.41, 5.74) is 2.54. The van der Waals surface area contributed by atoms with Crippen molar-refractivity contribution in [3.05, 3.63) is 47.1 Å². The van der Waals surface area contributed by atoms with Gasteiger partial charge in [-0.25, -0.2) is 9.97 Å². The summed E-state index contributed by atoms with van der Waals surface area (Å²) in [5.74, 6) is 1.93. The summed E-state index contributed by atoms with van der Waals surface area (Å²) in [5, 5.41) is 6.74. The summed E-state index contributed by atoms with van der Waals surface area (Å²) in [6.07, 6.45) is 8.00. The van der Waals surface area contributed by atoms with Gasteiger partial charge in [-0.3, -0.25) is 0 Å². The Morgan fingerprint density at radius 1 is 1.16 bits per heavy atom. The molecule has 0 bridgehead atoms. The molecule has 1 fully saturated rings. The summed E-state index contributed by atoms with van der Waals surface area (Å²) in [4.78, 5) is 9.79. The molecule has 1 N–H and O–H groups in total. The summed E-state index contributed by atoms with van der Waals surface area (Å²) < 4.78 is 6.03. The quantitative estimate of drug-likeness (QED) is 0.679. The van der Waals surface area contributed by atoms with E-state index in [1.54, 1.807) is 17.7 Å². The number of nitrogens with zero attached hydrogens (tertiary/aromatic N) is 2. The first kappa shape index (κ1) is 16.3. The molecular weight excluding hydrogens is 330 g/mol. The zero-order chi connectivity index (χ0) is 17.1. The Labute approximate surface area is 152 Å². The number of aromatic nitrogens is 2. The number of rotatable bonds is 6. The molecule has 2 aromatic heterocycles. The van der Waals surface area contributed by atoms with Crippen LogP contribution in [0, 0.1) is 6.92 Å². The molecule has 3 aromatic rings. The van der Waals surface area contributed by atoms with E-state index in [-0.39, 0.29) is 0 Å². The molecule has 4 rings (SSSR count). The van der Waals surface area contributed by atoms with Gasteiger partial charge >= 0.3 is 0 Å². The van der Waals surface area contributed by atoms with Crippen LogP contribution in [0.5, 0.6) is 5.75 Å². The second-order valence-electron chi connectivity index (χ2n) is 6.67. The third kappa shape index (κ3) is 3.76. The fourth-order valence-electron chi connectivity index (χ4n) is 3.41. The largest absolute Gasteiger partial charge is 0.490 e. The minimum Gasteiger partial charge on any atom is -0.490 e. The first-order chi connectivity index (χ1) is 12.3. The molecule has 0 saturated heterocycles. The monoisotopic (exact) mass is 353 g/mol. The van der Waals surface area contributed by atoms with Gasteiger partial charge in [0.05, 0.1) is 11.5 Å². The van der Waals surface area contributed by atoms with Crippen molar-refractivity contribution >= 4 is 27.4 Å². The molecule has 0 atom stereocenters. The van der Waals surface area contributed by atoms with Crippen LogP contribution in [-0.2, 0) is 6.42 Å². The number of fused-ring (bicyclic) bond motifs is 1. The number of ether oxygens (including phenoxy) is 1. The fraction of sp³-hybridized carbons (Fsp3) is 0.400. The third-order valence-electron chi connectivity index (χ3n) is 4.79. The molecule has 4 nitrogen and oxygen atoms in total. The maximum Gasteiger partial charge on any atom is 0.138 e. The lowest BCUT2D eigenvalue weighted by molar-refractivity contribution is 0.210. The highest BCUT2D eigenvalue weighted by molar-refractivity contribution is 7.17. The van der Waals surface area contributed by atoms with Crippen molar-refractivity contribution in [3.8, 4) is 5.75 Å². The zero-order valence-electron chi connectivity index (χ0n) is 14.5. The predicted molar refractivity (Wildman–Crippen MR) is 104 cm³/mol. The Morgan fingerprint density at radius 3 is 2.76 bits per heavy atom. The number of aryl methyl sites for hydroxylation is 1. The average Bonchev–Trinajstić information content (AvgIpc) is 3.27. The van der Waals surface area contributed by atoms with Crippen molar-refractivity contribution in [2.75, 3.05) is 11.9 Å². The Bertz CT molecular complexity index is 838. The van der Waals surface area contributed by atoms with E-state index < -0.39 is 0 Å². The van der Waals surface area contributed by atoms with Crippen LogP contribution < -0.4 is 10.1 Å². The Hall–Kier alpha value is -2.14. The Balaban J connectivity index is 1.34. The number of hydrogen-bond acceptors (Lipinski definition) is 5. The minimum atomic E-state index is 0.418. The molecule has 0 amide bonds. The van der Waals surface area contributed by atoms with Crippen molar-refractivity contribution in [1.29, 1.82) is 0 Å². The minimum absolute atomic E-state index is 0.418. The third-order valence-corrected chi connectivity index (χ3v) is 5.79. The van der Waals surface area contributed by atoms with Gasteiger partial charge in [-0.15, -0.1) is 11.3 Å². The summed E-state index contributed by atoms with van der Waals surface area (Å²) in [7, 11) is 0. The van der Waals surface area contributed by atoms with Gasteiger partial charge in [0.2, 0.25) is 0 Å². The summed E-state index contributed by atoms with van der Waals surface area (Å²) >= 11 is 1.67. The highest BCUT2D eigenvalue weighted by Crippen LogP contribution is 2.28. The van der Waals surface area contributed by atoms with E-state index in [2.05, 4.69) is 51.9 Å². The van der Waals surface area contributed by atoms with Gasteiger partial charge in [-0.1, -0.05) is 12.1 Å². The predicted octanol–water partition coefficient (Wildman–Crippen LogP) is 4.98. The molecular formula is C20H23N3OS. The van der Waals surface area contributed by atoms with Crippen molar-refractivity contribution in [1.82, 2.24) is 9.97 Å². The zero-order valence-corrected chi connectivity index (χ0v) is 15.3. The molecule has 2 heterocycles. The molecule has 0 radical (unpaired) electrons. The lowest BCUT2D eigenvalue weighted by Gasteiger charge is -2.13. The maximum atomic E-state index is 6.03. The second kappa shape index (κ2) is 7.40. The average molecular weight is 353 g/mol. The van der Waals surface area contributed by atoms with Crippen LogP contribution in [0.25, 0.3) is 10.2 Å². The van der Waals surface area contributed by atoms with Crippen LogP contribution in [-0.4, -0.2) is 22.6 Å². The van der Waals surface area contributed by atoms with Gasteiger partial charge in [-0.2, -0.15) is 0 Å². The number of nitrogens with one attached hydrogen (secondary N) is 1. The first-order valence-electron chi connectivity index (χ1n) is 8.98. The molecule has 25 heavy (non-hydrogen) atoms. The van der Waals surface area contributed by atoms with Crippen molar-refractivity contribution in [2.24, 2.45) is 0 Å². The molecule has 0 spiro atoms. The van der Waals surface area contributed by atoms with E-state index in [4.69, 9.17) is 4.74 Å². The summed E-state index contributed by atoms with van der Waals surface area (Å²) in [6, 6.07) is 8.52. The van der Waals surface area contributed by atoms with Crippen LogP contribution in [0.4, 0.5) is 5.82 Å². The molecule has 130 valence electrons. The van der Waals surface area contributed by atoms with Crippen LogP contribution in [0.1, 0.15) is 36.8 Å². The molecule has 0 unspecified atom stereocenters. The number of thiophene rings is 1. The molecule has 1 saturated carbocycles. The number of benzene rings is 1. The lowest BCUT2D eigenvalue weighted by atomic mass is 10.1. The smallest absolute Gasteiger partial charge is 0.138 e. The van der Waals surface area contributed by atoms with Gasteiger partial charge in [0, 0.05) is 6.54 Å². The molecule has 0 aliphatic heterocycles. The van der Waals surface area contributed by atoms with E-state index in [0.29, 0.717) is 6.10 Å². The van der Waals surface area contributed by atoms with E-state index >= 15 is 0 Å². The van der Waals surface area contributed by atoms with Crippen LogP contribution in [0.2, 0.25) is 0 Å². The topological polar surface area (TPSA) is 47.0 Å². The van der Waals surface area contributed by atoms with Gasteiger partial charge in [0.15, 0.2) is 0 Å². The summed E-state index contributed by atoms with van der Waals surface area (Å²) in [6.45, 7) is 2.96. The van der Waals surface area contributed by atoms with Crippen LogP contribution in [0.15, 0.2) is 36.0 Å². The Morgan fingerprint density at radius 2 is 1.96 bits per heavy atom. The number of anilines is 1.